The summed E-state index contributed by atoms with van der Waals surface area (Å²) in [7, 11) is 0. The number of carbonyl (C=O) groups is 1. The third-order valence-electron chi connectivity index (χ3n) is 3.16. The average molecular weight is 292 g/mol. The van der Waals surface area contributed by atoms with Gasteiger partial charge in [-0.25, -0.2) is 0 Å². The van der Waals surface area contributed by atoms with Gasteiger partial charge in [-0.2, -0.15) is 13.2 Å². The normalized spacial score (nSPS) is 11.5. The molecule has 0 spiro atoms. The highest BCUT2D eigenvalue weighted by Gasteiger charge is 2.30. The molecule has 0 aliphatic carbocycles. The van der Waals surface area contributed by atoms with E-state index in [1.807, 2.05) is 32.0 Å². The minimum absolute atomic E-state index is 0.0870. The van der Waals surface area contributed by atoms with Gasteiger partial charge in [0.25, 0.3) is 0 Å². The lowest BCUT2D eigenvalue weighted by Crippen LogP contribution is -2.09. The molecule has 0 unspecified atom stereocenters. The van der Waals surface area contributed by atoms with Crippen LogP contribution in [0.4, 0.5) is 13.2 Å². The van der Waals surface area contributed by atoms with Gasteiger partial charge in [-0.3, -0.25) is 4.79 Å². The standard InChI is InChI=1S/C17H15F3O/c1-11-6-12(2)8-13(7-11)9-16(21)14-4-3-5-15(10-14)17(18,19)20/h3-8,10H,9H2,1-2H3. The second-order valence-corrected chi connectivity index (χ2v) is 5.17. The van der Waals surface area contributed by atoms with E-state index in [-0.39, 0.29) is 17.8 Å². The van der Waals surface area contributed by atoms with Crippen LogP contribution in [0.1, 0.15) is 32.6 Å². The van der Waals surface area contributed by atoms with E-state index in [2.05, 4.69) is 0 Å². The van der Waals surface area contributed by atoms with Gasteiger partial charge < -0.3 is 0 Å². The molecule has 0 saturated heterocycles. The zero-order valence-electron chi connectivity index (χ0n) is 11.8. The number of ketones is 1. The van der Waals surface area contributed by atoms with Gasteiger partial charge in [0.1, 0.15) is 0 Å². The Morgan fingerprint density at radius 2 is 1.62 bits per heavy atom. The molecule has 0 saturated carbocycles. The molecule has 0 heterocycles. The van der Waals surface area contributed by atoms with Crippen LogP contribution in [0.5, 0.6) is 0 Å². The summed E-state index contributed by atoms with van der Waals surface area (Å²) >= 11 is 0. The monoisotopic (exact) mass is 292 g/mol. The molecule has 0 amide bonds. The van der Waals surface area contributed by atoms with Crippen molar-refractivity contribution in [2.24, 2.45) is 0 Å². The van der Waals surface area contributed by atoms with Gasteiger partial charge in [0.05, 0.1) is 5.56 Å². The zero-order chi connectivity index (χ0) is 15.6. The van der Waals surface area contributed by atoms with Crippen LogP contribution in [0, 0.1) is 13.8 Å². The maximum atomic E-state index is 12.7. The molecular formula is C17H15F3O. The van der Waals surface area contributed by atoms with E-state index in [4.69, 9.17) is 0 Å². The lowest BCUT2D eigenvalue weighted by atomic mass is 9.98. The van der Waals surface area contributed by atoms with Gasteiger partial charge in [0, 0.05) is 12.0 Å². The van der Waals surface area contributed by atoms with Crippen molar-refractivity contribution in [2.45, 2.75) is 26.4 Å². The number of aryl methyl sites for hydroxylation is 2. The van der Waals surface area contributed by atoms with E-state index in [0.29, 0.717) is 0 Å². The number of carbonyl (C=O) groups excluding carboxylic acids is 1. The molecule has 0 aliphatic heterocycles. The van der Waals surface area contributed by atoms with Crippen molar-refractivity contribution >= 4 is 5.78 Å². The van der Waals surface area contributed by atoms with E-state index >= 15 is 0 Å². The first-order valence-corrected chi connectivity index (χ1v) is 6.53. The highest BCUT2D eigenvalue weighted by Crippen LogP contribution is 2.29. The first-order chi connectivity index (χ1) is 9.75. The summed E-state index contributed by atoms with van der Waals surface area (Å²) in [5.74, 6) is -0.314. The van der Waals surface area contributed by atoms with Crippen LogP contribution in [0.25, 0.3) is 0 Å². The topological polar surface area (TPSA) is 17.1 Å². The van der Waals surface area contributed by atoms with Crippen LogP contribution >= 0.6 is 0 Å². The summed E-state index contributed by atoms with van der Waals surface area (Å²) < 4.78 is 38.0. The number of hydrogen-bond donors (Lipinski definition) is 0. The minimum Gasteiger partial charge on any atom is -0.294 e. The highest BCUT2D eigenvalue weighted by molar-refractivity contribution is 5.97. The third-order valence-corrected chi connectivity index (χ3v) is 3.16. The second kappa shape index (κ2) is 5.72. The van der Waals surface area contributed by atoms with Crippen molar-refractivity contribution in [3.8, 4) is 0 Å². The molecule has 0 N–H and O–H groups in total. The Hall–Kier alpha value is -2.10. The van der Waals surface area contributed by atoms with Gasteiger partial charge in [-0.1, -0.05) is 41.5 Å². The number of alkyl halides is 3. The summed E-state index contributed by atoms with van der Waals surface area (Å²) in [6.07, 6.45) is -4.33. The van der Waals surface area contributed by atoms with Crippen molar-refractivity contribution in [1.82, 2.24) is 0 Å². The highest BCUT2D eigenvalue weighted by atomic mass is 19.4. The van der Waals surface area contributed by atoms with E-state index < -0.39 is 11.7 Å². The molecule has 2 aromatic rings. The molecule has 2 rings (SSSR count). The van der Waals surface area contributed by atoms with Crippen LogP contribution in [-0.2, 0) is 12.6 Å². The lowest BCUT2D eigenvalue weighted by Gasteiger charge is -2.09. The molecule has 0 aromatic heterocycles. The van der Waals surface area contributed by atoms with Crippen LogP contribution < -0.4 is 0 Å². The Labute approximate surface area is 121 Å². The molecule has 0 radical (unpaired) electrons. The Morgan fingerprint density at radius 1 is 1.00 bits per heavy atom. The maximum Gasteiger partial charge on any atom is 0.416 e. The van der Waals surface area contributed by atoms with Crippen molar-refractivity contribution in [3.63, 3.8) is 0 Å². The molecule has 110 valence electrons. The second-order valence-electron chi connectivity index (χ2n) is 5.17. The molecule has 21 heavy (non-hydrogen) atoms. The molecule has 1 nitrogen and oxygen atoms in total. The Balaban J connectivity index is 2.24. The maximum absolute atomic E-state index is 12.7. The molecule has 0 fully saturated rings. The molecule has 0 bridgehead atoms. The first kappa shape index (κ1) is 15.3. The predicted molar refractivity (Wildman–Crippen MR) is 75.4 cm³/mol. The number of halogens is 3. The molecular weight excluding hydrogens is 277 g/mol. The van der Waals surface area contributed by atoms with Gasteiger partial charge in [0.15, 0.2) is 5.78 Å². The fourth-order valence-corrected chi connectivity index (χ4v) is 2.33. The van der Waals surface area contributed by atoms with Crippen molar-refractivity contribution in [3.05, 3.63) is 70.3 Å². The number of Topliss-reactive ketones (excluding diaryl/α,β-unsaturated/α-hetero) is 1. The van der Waals surface area contributed by atoms with Gasteiger partial charge in [0.2, 0.25) is 0 Å². The largest absolute Gasteiger partial charge is 0.416 e. The van der Waals surface area contributed by atoms with Crippen LogP contribution in [0.2, 0.25) is 0 Å². The fraction of sp³-hybridized carbons (Fsp3) is 0.235. The van der Waals surface area contributed by atoms with Crippen LogP contribution in [0.3, 0.4) is 0 Å². The third kappa shape index (κ3) is 3.94. The summed E-state index contributed by atoms with van der Waals surface area (Å²) in [5.41, 5.74) is 2.16. The summed E-state index contributed by atoms with van der Waals surface area (Å²) in [4.78, 5) is 12.1. The van der Waals surface area contributed by atoms with E-state index in [1.54, 1.807) is 0 Å². The zero-order valence-corrected chi connectivity index (χ0v) is 11.8. The van der Waals surface area contributed by atoms with Crippen LogP contribution in [-0.4, -0.2) is 5.78 Å². The summed E-state index contributed by atoms with van der Waals surface area (Å²) in [5, 5.41) is 0. The summed E-state index contributed by atoms with van der Waals surface area (Å²) in [6, 6.07) is 10.3. The van der Waals surface area contributed by atoms with Gasteiger partial charge in [-0.05, 0) is 31.5 Å². The van der Waals surface area contributed by atoms with Crippen molar-refractivity contribution < 1.29 is 18.0 Å². The Morgan fingerprint density at radius 3 is 2.19 bits per heavy atom. The summed E-state index contributed by atoms with van der Waals surface area (Å²) in [6.45, 7) is 3.84. The van der Waals surface area contributed by atoms with E-state index in [1.165, 1.54) is 12.1 Å². The molecule has 2 aromatic carbocycles. The smallest absolute Gasteiger partial charge is 0.294 e. The van der Waals surface area contributed by atoms with E-state index in [9.17, 15) is 18.0 Å². The number of benzene rings is 2. The van der Waals surface area contributed by atoms with Crippen molar-refractivity contribution in [2.75, 3.05) is 0 Å². The Bertz CT molecular complexity index is 652. The Kier molecular flexibility index (Phi) is 4.16. The first-order valence-electron chi connectivity index (χ1n) is 6.53. The van der Waals surface area contributed by atoms with Crippen LogP contribution in [0.15, 0.2) is 42.5 Å². The lowest BCUT2D eigenvalue weighted by molar-refractivity contribution is -0.137. The molecule has 0 aliphatic rings. The molecule has 4 heteroatoms. The van der Waals surface area contributed by atoms with E-state index in [0.717, 1.165) is 28.8 Å². The average Bonchev–Trinajstić information content (AvgIpc) is 2.36. The number of hydrogen-bond acceptors (Lipinski definition) is 1. The van der Waals surface area contributed by atoms with Gasteiger partial charge >= 0.3 is 6.18 Å². The van der Waals surface area contributed by atoms with Crippen molar-refractivity contribution in [1.29, 1.82) is 0 Å². The quantitative estimate of drug-likeness (QED) is 0.746. The SMILES string of the molecule is Cc1cc(C)cc(CC(=O)c2cccc(C(F)(F)F)c2)c1. The molecule has 0 atom stereocenters. The number of rotatable bonds is 3. The minimum atomic E-state index is -4.43. The predicted octanol–water partition coefficient (Wildman–Crippen LogP) is 4.75. The fourth-order valence-electron chi connectivity index (χ4n) is 2.33. The van der Waals surface area contributed by atoms with Gasteiger partial charge in [-0.15, -0.1) is 0 Å².